The standard InChI is InChI=1S/C7H4ClF3O/c8-5-3-1-2-4(6(5)12)7(9,10)11/h1-3,12H. The lowest BCUT2D eigenvalue weighted by Gasteiger charge is -2.08. The van der Waals surface area contributed by atoms with Gasteiger partial charge in [-0.05, 0) is 12.1 Å². The summed E-state index contributed by atoms with van der Waals surface area (Å²) < 4.78 is 36.0. The number of para-hydroxylation sites is 1. The Morgan fingerprint density at radius 3 is 2.25 bits per heavy atom. The molecule has 0 saturated carbocycles. The molecular weight excluding hydrogens is 193 g/mol. The minimum absolute atomic E-state index is 0.301. The van der Waals surface area contributed by atoms with E-state index in [4.69, 9.17) is 16.7 Å². The number of aromatic hydroxyl groups is 1. The first-order valence-electron chi connectivity index (χ1n) is 2.97. The van der Waals surface area contributed by atoms with Gasteiger partial charge in [-0.15, -0.1) is 0 Å². The number of phenols is 1. The number of phenolic OH excluding ortho intramolecular Hbond substituents is 1. The molecule has 1 nitrogen and oxygen atoms in total. The van der Waals surface area contributed by atoms with Gasteiger partial charge in [0.25, 0.3) is 0 Å². The molecule has 1 aromatic rings. The van der Waals surface area contributed by atoms with E-state index >= 15 is 0 Å². The molecule has 0 amide bonds. The van der Waals surface area contributed by atoms with E-state index in [1.54, 1.807) is 0 Å². The van der Waals surface area contributed by atoms with Gasteiger partial charge in [-0.2, -0.15) is 13.2 Å². The second-order valence-corrected chi connectivity index (χ2v) is 2.54. The summed E-state index contributed by atoms with van der Waals surface area (Å²) >= 11 is 5.27. The van der Waals surface area contributed by atoms with Gasteiger partial charge in [-0.25, -0.2) is 0 Å². The van der Waals surface area contributed by atoms with Gasteiger partial charge in [-0.3, -0.25) is 0 Å². The first kappa shape index (κ1) is 9.19. The minimum Gasteiger partial charge on any atom is -0.506 e. The van der Waals surface area contributed by atoms with Crippen molar-refractivity contribution in [3.63, 3.8) is 0 Å². The molecule has 66 valence electrons. The van der Waals surface area contributed by atoms with Crippen LogP contribution < -0.4 is 0 Å². The summed E-state index contributed by atoms with van der Waals surface area (Å²) in [5.74, 6) is -0.924. The fraction of sp³-hybridized carbons (Fsp3) is 0.143. The van der Waals surface area contributed by atoms with Crippen molar-refractivity contribution in [2.24, 2.45) is 0 Å². The van der Waals surface area contributed by atoms with Crippen LogP contribution in [0, 0.1) is 0 Å². The Balaban J connectivity index is 3.26. The maximum absolute atomic E-state index is 12.0. The summed E-state index contributed by atoms with van der Waals surface area (Å²) in [7, 11) is 0. The zero-order chi connectivity index (χ0) is 9.35. The van der Waals surface area contributed by atoms with Crippen molar-refractivity contribution in [3.8, 4) is 5.75 Å². The molecule has 0 aliphatic heterocycles. The molecule has 1 aromatic carbocycles. The van der Waals surface area contributed by atoms with Gasteiger partial charge in [0, 0.05) is 0 Å². The fourth-order valence-corrected chi connectivity index (χ4v) is 0.919. The van der Waals surface area contributed by atoms with Gasteiger partial charge in [0.05, 0.1) is 10.6 Å². The summed E-state index contributed by atoms with van der Waals surface area (Å²) in [5.41, 5.74) is -1.12. The summed E-state index contributed by atoms with van der Waals surface area (Å²) in [6.07, 6.45) is -4.56. The van der Waals surface area contributed by atoms with Crippen molar-refractivity contribution in [1.82, 2.24) is 0 Å². The SMILES string of the molecule is Oc1c(Cl)cccc1C(F)(F)F. The average molecular weight is 197 g/mol. The van der Waals surface area contributed by atoms with Crippen LogP contribution >= 0.6 is 11.6 Å². The number of halogens is 4. The molecule has 5 heteroatoms. The first-order chi connectivity index (χ1) is 5.43. The van der Waals surface area contributed by atoms with E-state index in [2.05, 4.69) is 0 Å². The quantitative estimate of drug-likeness (QED) is 0.676. The van der Waals surface area contributed by atoms with Crippen LogP contribution in [-0.4, -0.2) is 5.11 Å². The fourth-order valence-electron chi connectivity index (χ4n) is 0.744. The molecule has 0 saturated heterocycles. The Kier molecular flexibility index (Phi) is 2.19. The Hall–Kier alpha value is -0.900. The van der Waals surface area contributed by atoms with Crippen LogP contribution in [0.25, 0.3) is 0 Å². The molecule has 0 aromatic heterocycles. The molecule has 0 radical (unpaired) electrons. The monoisotopic (exact) mass is 196 g/mol. The number of rotatable bonds is 0. The third kappa shape index (κ3) is 1.64. The number of hydrogen-bond donors (Lipinski definition) is 1. The highest BCUT2D eigenvalue weighted by Gasteiger charge is 2.34. The Bertz CT molecular complexity index is 295. The Morgan fingerprint density at radius 1 is 1.25 bits per heavy atom. The molecule has 0 unspecified atom stereocenters. The van der Waals surface area contributed by atoms with E-state index in [9.17, 15) is 13.2 Å². The molecule has 0 aliphatic rings. The van der Waals surface area contributed by atoms with Gasteiger partial charge in [0.15, 0.2) is 0 Å². The van der Waals surface area contributed by atoms with Gasteiger partial charge < -0.3 is 5.11 Å². The van der Waals surface area contributed by atoms with Crippen molar-refractivity contribution in [1.29, 1.82) is 0 Å². The van der Waals surface area contributed by atoms with E-state index in [-0.39, 0.29) is 5.02 Å². The topological polar surface area (TPSA) is 20.2 Å². The maximum Gasteiger partial charge on any atom is 0.420 e. The molecule has 0 heterocycles. The predicted molar refractivity (Wildman–Crippen MR) is 38.1 cm³/mol. The minimum atomic E-state index is -4.56. The van der Waals surface area contributed by atoms with Crippen LogP contribution in [0.1, 0.15) is 5.56 Å². The van der Waals surface area contributed by atoms with Crippen LogP contribution in [0.4, 0.5) is 13.2 Å². The lowest BCUT2D eigenvalue weighted by molar-refractivity contribution is -0.138. The van der Waals surface area contributed by atoms with Crippen molar-refractivity contribution in [3.05, 3.63) is 28.8 Å². The molecule has 0 aliphatic carbocycles. The maximum atomic E-state index is 12.0. The van der Waals surface area contributed by atoms with Gasteiger partial charge >= 0.3 is 6.18 Å². The second-order valence-electron chi connectivity index (χ2n) is 2.13. The summed E-state index contributed by atoms with van der Waals surface area (Å²) in [5, 5.41) is 8.58. The van der Waals surface area contributed by atoms with Crippen molar-refractivity contribution >= 4 is 11.6 Å². The van der Waals surface area contributed by atoms with Crippen LogP contribution in [0.2, 0.25) is 5.02 Å². The zero-order valence-electron chi connectivity index (χ0n) is 5.69. The smallest absolute Gasteiger partial charge is 0.420 e. The third-order valence-electron chi connectivity index (χ3n) is 1.29. The van der Waals surface area contributed by atoms with Gasteiger partial charge in [0.1, 0.15) is 5.75 Å². The molecule has 12 heavy (non-hydrogen) atoms. The van der Waals surface area contributed by atoms with Crippen LogP contribution in [0.5, 0.6) is 5.75 Å². The van der Waals surface area contributed by atoms with Crippen molar-refractivity contribution in [2.75, 3.05) is 0 Å². The summed E-state index contributed by atoms with van der Waals surface area (Å²) in [4.78, 5) is 0. The summed E-state index contributed by atoms with van der Waals surface area (Å²) in [6, 6.07) is 3.08. The lowest BCUT2D eigenvalue weighted by atomic mass is 10.2. The van der Waals surface area contributed by atoms with Crippen molar-refractivity contribution in [2.45, 2.75) is 6.18 Å². The summed E-state index contributed by atoms with van der Waals surface area (Å²) in [6.45, 7) is 0. The van der Waals surface area contributed by atoms with Crippen LogP contribution in [0.15, 0.2) is 18.2 Å². The first-order valence-corrected chi connectivity index (χ1v) is 3.35. The van der Waals surface area contributed by atoms with Crippen molar-refractivity contribution < 1.29 is 18.3 Å². The molecule has 0 atom stereocenters. The predicted octanol–water partition coefficient (Wildman–Crippen LogP) is 3.06. The van der Waals surface area contributed by atoms with E-state index in [0.717, 1.165) is 12.1 Å². The molecule has 0 bridgehead atoms. The lowest BCUT2D eigenvalue weighted by Crippen LogP contribution is -2.04. The molecule has 0 spiro atoms. The normalized spacial score (nSPS) is 11.7. The number of benzene rings is 1. The highest BCUT2D eigenvalue weighted by Crippen LogP contribution is 2.38. The molecule has 0 fully saturated rings. The van der Waals surface area contributed by atoms with E-state index in [1.165, 1.54) is 6.07 Å². The van der Waals surface area contributed by atoms with E-state index in [1.807, 2.05) is 0 Å². The number of hydrogen-bond acceptors (Lipinski definition) is 1. The van der Waals surface area contributed by atoms with Gasteiger partial charge in [-0.1, -0.05) is 17.7 Å². The van der Waals surface area contributed by atoms with E-state index in [0.29, 0.717) is 0 Å². The molecule has 1 N–H and O–H groups in total. The average Bonchev–Trinajstić information content (AvgIpc) is 1.92. The Labute approximate surface area is 71.4 Å². The zero-order valence-corrected chi connectivity index (χ0v) is 6.45. The third-order valence-corrected chi connectivity index (χ3v) is 1.60. The van der Waals surface area contributed by atoms with Gasteiger partial charge in [0.2, 0.25) is 0 Å². The molecule has 1 rings (SSSR count). The largest absolute Gasteiger partial charge is 0.506 e. The van der Waals surface area contributed by atoms with E-state index < -0.39 is 17.5 Å². The highest BCUT2D eigenvalue weighted by molar-refractivity contribution is 6.32. The molecular formula is C7H4ClF3O. The highest BCUT2D eigenvalue weighted by atomic mass is 35.5. The van der Waals surface area contributed by atoms with Crippen LogP contribution in [0.3, 0.4) is 0 Å². The second kappa shape index (κ2) is 2.86. The Morgan fingerprint density at radius 2 is 1.83 bits per heavy atom. The number of alkyl halides is 3. The van der Waals surface area contributed by atoms with Crippen LogP contribution in [-0.2, 0) is 6.18 Å².